The normalized spacial score (nSPS) is 14.1. The number of amides is 1. The van der Waals surface area contributed by atoms with Gasteiger partial charge in [-0.1, -0.05) is 42.5 Å². The molecule has 0 N–H and O–H groups in total. The maximum Gasteiger partial charge on any atom is 0.337 e. The number of Topliss-reactive ketones (excluding diaryl/α,β-unsaturated/α-hetero) is 1. The minimum Gasteiger partial charge on any atom is -0.465 e. The lowest BCUT2D eigenvalue weighted by molar-refractivity contribution is -0.155. The van der Waals surface area contributed by atoms with Gasteiger partial charge in [-0.15, -0.1) is 0 Å². The average molecular weight is 489 g/mol. The van der Waals surface area contributed by atoms with E-state index in [9.17, 15) is 18.8 Å². The van der Waals surface area contributed by atoms with Gasteiger partial charge in [-0.2, -0.15) is 0 Å². The van der Waals surface area contributed by atoms with Crippen molar-refractivity contribution < 1.29 is 23.5 Å². The number of hydrazine groups is 1. The van der Waals surface area contributed by atoms with E-state index >= 15 is 0 Å². The Morgan fingerprint density at radius 2 is 1.67 bits per heavy atom. The number of ether oxygens (including phenoxy) is 1. The molecular weight excluding hydrogens is 459 g/mol. The first-order valence-electron chi connectivity index (χ1n) is 12.1. The molecule has 0 radical (unpaired) electrons. The highest BCUT2D eigenvalue weighted by Gasteiger charge is 2.26. The Labute approximate surface area is 210 Å². The average Bonchev–Trinajstić information content (AvgIpc) is 2.91. The molecule has 0 atom stereocenters. The minimum atomic E-state index is -0.383. The van der Waals surface area contributed by atoms with Crippen molar-refractivity contribution in [2.24, 2.45) is 0 Å². The first kappa shape index (κ1) is 25.3. The van der Waals surface area contributed by atoms with E-state index in [0.717, 1.165) is 29.7 Å². The molecule has 1 heterocycles. The molecule has 0 aliphatic carbocycles. The van der Waals surface area contributed by atoms with Crippen molar-refractivity contribution in [1.29, 1.82) is 0 Å². The molecule has 1 aliphatic heterocycles. The number of esters is 1. The van der Waals surface area contributed by atoms with Crippen LogP contribution in [0.5, 0.6) is 0 Å². The number of hydrogen-bond acceptors (Lipinski definition) is 5. The van der Waals surface area contributed by atoms with Gasteiger partial charge in [0.2, 0.25) is 5.91 Å². The molecule has 3 aromatic rings. The number of methoxy groups -OCH3 is 1. The predicted molar refractivity (Wildman–Crippen MR) is 135 cm³/mol. The molecular formula is C29H29FN2O4. The summed E-state index contributed by atoms with van der Waals surface area (Å²) in [5, 5.41) is 3.72. The topological polar surface area (TPSA) is 66.9 Å². The Bertz CT molecular complexity index is 1220. The number of benzene rings is 3. The van der Waals surface area contributed by atoms with Crippen LogP contribution in [0.1, 0.15) is 45.5 Å². The minimum absolute atomic E-state index is 0.00432. The van der Waals surface area contributed by atoms with Gasteiger partial charge in [-0.25, -0.2) is 14.2 Å². The molecule has 0 aromatic heterocycles. The van der Waals surface area contributed by atoms with Crippen LogP contribution in [0.15, 0.2) is 72.8 Å². The number of ketones is 1. The third-order valence-electron chi connectivity index (χ3n) is 6.38. The molecule has 3 aromatic carbocycles. The van der Waals surface area contributed by atoms with E-state index in [-0.39, 0.29) is 29.9 Å². The van der Waals surface area contributed by atoms with Crippen LogP contribution in [0.4, 0.5) is 4.39 Å². The molecule has 1 aliphatic rings. The van der Waals surface area contributed by atoms with Crippen LogP contribution in [0, 0.1) is 5.82 Å². The number of rotatable bonds is 9. The van der Waals surface area contributed by atoms with Crippen LogP contribution >= 0.6 is 0 Å². The van der Waals surface area contributed by atoms with Crippen LogP contribution in [-0.2, 0) is 16.0 Å². The zero-order chi connectivity index (χ0) is 25.5. The maximum atomic E-state index is 13.3. The number of carbonyl (C=O) groups excluding carboxylic acids is 3. The molecule has 0 bridgehead atoms. The first-order chi connectivity index (χ1) is 17.4. The Balaban J connectivity index is 1.37. The Morgan fingerprint density at radius 1 is 0.917 bits per heavy atom. The highest BCUT2D eigenvalue weighted by atomic mass is 19.1. The second-order valence-corrected chi connectivity index (χ2v) is 8.77. The Kier molecular flexibility index (Phi) is 8.23. The molecule has 1 saturated heterocycles. The number of nitrogens with zero attached hydrogens (tertiary/aromatic N) is 2. The Morgan fingerprint density at radius 3 is 2.39 bits per heavy atom. The van der Waals surface area contributed by atoms with Crippen molar-refractivity contribution in [3.05, 3.63) is 95.3 Å². The molecule has 7 heteroatoms. The van der Waals surface area contributed by atoms with E-state index in [1.807, 2.05) is 35.3 Å². The van der Waals surface area contributed by atoms with Crippen LogP contribution in [0.25, 0.3) is 11.1 Å². The quantitative estimate of drug-likeness (QED) is 0.316. The predicted octanol–water partition coefficient (Wildman–Crippen LogP) is 4.93. The zero-order valence-corrected chi connectivity index (χ0v) is 20.3. The fourth-order valence-corrected chi connectivity index (χ4v) is 4.37. The molecule has 0 spiro atoms. The van der Waals surface area contributed by atoms with Crippen LogP contribution in [0.2, 0.25) is 0 Å². The van der Waals surface area contributed by atoms with Gasteiger partial charge in [0, 0.05) is 38.0 Å². The van der Waals surface area contributed by atoms with Gasteiger partial charge < -0.3 is 4.74 Å². The summed E-state index contributed by atoms with van der Waals surface area (Å²) in [7, 11) is 1.35. The van der Waals surface area contributed by atoms with Crippen LogP contribution < -0.4 is 0 Å². The van der Waals surface area contributed by atoms with Gasteiger partial charge >= 0.3 is 5.97 Å². The summed E-state index contributed by atoms with van der Waals surface area (Å²) < 4.78 is 18.0. The fraction of sp³-hybridized carbons (Fsp3) is 0.276. The second kappa shape index (κ2) is 11.7. The van der Waals surface area contributed by atoms with Gasteiger partial charge in [-0.3, -0.25) is 14.6 Å². The smallest absolute Gasteiger partial charge is 0.337 e. The number of halogens is 1. The Hall–Kier alpha value is -3.84. The van der Waals surface area contributed by atoms with E-state index in [4.69, 9.17) is 4.74 Å². The molecule has 36 heavy (non-hydrogen) atoms. The van der Waals surface area contributed by atoms with Crippen molar-refractivity contribution in [1.82, 2.24) is 10.0 Å². The van der Waals surface area contributed by atoms with E-state index in [2.05, 4.69) is 0 Å². The van der Waals surface area contributed by atoms with Gasteiger partial charge in [0.05, 0.1) is 12.7 Å². The lowest BCUT2D eigenvalue weighted by atomic mass is 10.00. The van der Waals surface area contributed by atoms with Gasteiger partial charge in [0.15, 0.2) is 5.78 Å². The first-order valence-corrected chi connectivity index (χ1v) is 12.1. The van der Waals surface area contributed by atoms with Crippen LogP contribution in [-0.4, -0.2) is 54.4 Å². The summed E-state index contributed by atoms with van der Waals surface area (Å²) in [4.78, 5) is 37.3. The third kappa shape index (κ3) is 6.23. The van der Waals surface area contributed by atoms with E-state index in [1.54, 1.807) is 35.3 Å². The van der Waals surface area contributed by atoms with Crippen molar-refractivity contribution in [3.8, 4) is 11.1 Å². The van der Waals surface area contributed by atoms with Crippen molar-refractivity contribution in [2.45, 2.75) is 25.7 Å². The molecule has 0 unspecified atom stereocenters. The summed E-state index contributed by atoms with van der Waals surface area (Å²) in [6, 6.07) is 20.7. The summed E-state index contributed by atoms with van der Waals surface area (Å²) in [6.45, 7) is 1.67. The highest BCUT2D eigenvalue weighted by molar-refractivity contribution is 5.97. The van der Waals surface area contributed by atoms with E-state index < -0.39 is 0 Å². The maximum absolute atomic E-state index is 13.3. The summed E-state index contributed by atoms with van der Waals surface area (Å²) >= 11 is 0. The molecule has 6 nitrogen and oxygen atoms in total. The number of hydrogen-bond donors (Lipinski definition) is 0. The zero-order valence-electron chi connectivity index (χ0n) is 20.3. The molecule has 186 valence electrons. The van der Waals surface area contributed by atoms with E-state index in [0.29, 0.717) is 37.1 Å². The molecule has 0 saturated carbocycles. The summed E-state index contributed by atoms with van der Waals surface area (Å²) in [5.74, 6) is -0.634. The van der Waals surface area contributed by atoms with Gasteiger partial charge in [0.25, 0.3) is 0 Å². The lowest BCUT2D eigenvalue weighted by Gasteiger charge is -2.38. The highest BCUT2D eigenvalue weighted by Crippen LogP contribution is 2.22. The fourth-order valence-electron chi connectivity index (χ4n) is 4.37. The van der Waals surface area contributed by atoms with E-state index in [1.165, 1.54) is 19.2 Å². The molecule has 4 rings (SSSR count). The number of carbonyl (C=O) groups is 3. The summed E-state index contributed by atoms with van der Waals surface area (Å²) in [6.07, 6.45) is 2.17. The van der Waals surface area contributed by atoms with Crippen LogP contribution in [0.3, 0.4) is 0 Å². The second-order valence-electron chi connectivity index (χ2n) is 8.77. The van der Waals surface area contributed by atoms with Gasteiger partial charge in [-0.05, 0) is 59.9 Å². The standard InChI is InChI=1S/C29H29FN2O4/c1-36-29(35)23-9-7-21(8-10-23)15-19-32-28(34)6-3-17-31(32)18-16-27(33)25-5-2-4-24(20-25)22-11-13-26(30)14-12-22/h2,4-5,7-14,20H,3,6,15-19H2,1H3. The molecule has 1 amide bonds. The SMILES string of the molecule is COC(=O)c1ccc(CCN2C(=O)CCCN2CCC(=O)c2cccc(-c3ccc(F)cc3)c2)cc1. The van der Waals surface area contributed by atoms with Crippen molar-refractivity contribution in [3.63, 3.8) is 0 Å². The largest absolute Gasteiger partial charge is 0.465 e. The van der Waals surface area contributed by atoms with Crippen molar-refractivity contribution in [2.75, 3.05) is 26.7 Å². The lowest BCUT2D eigenvalue weighted by Crippen LogP contribution is -2.51. The van der Waals surface area contributed by atoms with Crippen molar-refractivity contribution >= 4 is 17.7 Å². The van der Waals surface area contributed by atoms with Gasteiger partial charge in [0.1, 0.15) is 5.82 Å². The molecule has 1 fully saturated rings. The third-order valence-corrected chi connectivity index (χ3v) is 6.38. The summed E-state index contributed by atoms with van der Waals surface area (Å²) in [5.41, 5.74) is 3.79. The monoisotopic (exact) mass is 488 g/mol.